The van der Waals surface area contributed by atoms with Crippen molar-refractivity contribution in [2.24, 2.45) is 5.73 Å². The summed E-state index contributed by atoms with van der Waals surface area (Å²) in [5.74, 6) is 0. The fourth-order valence-electron chi connectivity index (χ4n) is 1.38. The molecule has 0 saturated carbocycles. The molecule has 0 radical (unpaired) electrons. The first-order chi connectivity index (χ1) is 7.59. The van der Waals surface area contributed by atoms with Crippen LogP contribution in [-0.4, -0.2) is 0 Å². The van der Waals surface area contributed by atoms with E-state index in [4.69, 9.17) is 17.3 Å². The van der Waals surface area contributed by atoms with E-state index in [1.165, 1.54) is 0 Å². The Hall–Kier alpha value is 0.130. The van der Waals surface area contributed by atoms with E-state index in [9.17, 15) is 0 Å². The lowest BCUT2D eigenvalue weighted by molar-refractivity contribution is 0.888. The zero-order valence-corrected chi connectivity index (χ0v) is 12.8. The van der Waals surface area contributed by atoms with Crippen LogP contribution in [0.3, 0.4) is 0 Å². The quantitative estimate of drug-likeness (QED) is 0.780. The molecule has 0 saturated heterocycles. The van der Waals surface area contributed by atoms with Gasteiger partial charge in [-0.1, -0.05) is 17.7 Å². The van der Waals surface area contributed by atoms with Gasteiger partial charge in [0.25, 0.3) is 0 Å². The van der Waals surface area contributed by atoms with Gasteiger partial charge in [-0.25, -0.2) is 0 Å². The first-order valence-corrected chi connectivity index (χ1v) is 7.37. The van der Waals surface area contributed by atoms with E-state index >= 15 is 0 Å². The van der Waals surface area contributed by atoms with Gasteiger partial charge in [-0.3, -0.25) is 0 Å². The molecular weight excluding hydrogens is 373 g/mol. The Kier molecular flexibility index (Phi) is 4.08. The molecule has 16 heavy (non-hydrogen) atoms. The number of benzene rings is 1. The summed E-state index contributed by atoms with van der Waals surface area (Å²) in [6, 6.07) is 7.64. The maximum absolute atomic E-state index is 6.20. The lowest BCUT2D eigenvalue weighted by atomic mass is 10.1. The minimum absolute atomic E-state index is 0.122. The molecule has 1 nitrogen and oxygen atoms in total. The fraction of sp³-hybridized carbons (Fsp3) is 0.0909. The number of hydrogen-bond acceptors (Lipinski definition) is 2. The molecule has 2 N–H and O–H groups in total. The monoisotopic (exact) mass is 379 g/mol. The molecule has 0 spiro atoms. The Morgan fingerprint density at radius 3 is 2.50 bits per heavy atom. The van der Waals surface area contributed by atoms with Gasteiger partial charge in [-0.2, -0.15) is 0 Å². The summed E-state index contributed by atoms with van der Waals surface area (Å²) in [5, 5.41) is 2.71. The topological polar surface area (TPSA) is 26.0 Å². The molecule has 2 aromatic rings. The smallest absolute Gasteiger partial charge is 0.0657 e. The highest BCUT2D eigenvalue weighted by atomic mass is 79.9. The summed E-state index contributed by atoms with van der Waals surface area (Å²) >= 11 is 14.5. The molecule has 84 valence electrons. The first-order valence-electron chi connectivity index (χ1n) is 4.53. The van der Waals surface area contributed by atoms with E-state index in [0.717, 1.165) is 19.4 Å². The zero-order chi connectivity index (χ0) is 11.7. The van der Waals surface area contributed by atoms with Crippen molar-refractivity contribution in [1.82, 2.24) is 0 Å². The predicted octanol–water partition coefficient (Wildman–Crippen LogP) is 4.97. The molecule has 1 heterocycles. The van der Waals surface area contributed by atoms with Crippen LogP contribution in [0.5, 0.6) is 0 Å². The van der Waals surface area contributed by atoms with E-state index < -0.39 is 0 Å². The Morgan fingerprint density at radius 1 is 1.19 bits per heavy atom. The summed E-state index contributed by atoms with van der Waals surface area (Å²) in [5.41, 5.74) is 7.24. The van der Waals surface area contributed by atoms with Crippen molar-refractivity contribution < 1.29 is 0 Å². The third-order valence-corrected chi connectivity index (χ3v) is 5.40. The Balaban J connectivity index is 2.38. The molecule has 1 atom stereocenters. The lowest BCUT2D eigenvalue weighted by Crippen LogP contribution is -2.10. The highest BCUT2D eigenvalue weighted by Crippen LogP contribution is 2.33. The van der Waals surface area contributed by atoms with Crippen LogP contribution in [0, 0.1) is 0 Å². The van der Waals surface area contributed by atoms with Crippen LogP contribution < -0.4 is 5.73 Å². The van der Waals surface area contributed by atoms with Crippen molar-refractivity contribution >= 4 is 54.8 Å². The Morgan fingerprint density at radius 2 is 1.94 bits per heavy atom. The van der Waals surface area contributed by atoms with Gasteiger partial charge in [-0.05, 0) is 61.0 Å². The highest BCUT2D eigenvalue weighted by molar-refractivity contribution is 9.10. The van der Waals surface area contributed by atoms with Crippen molar-refractivity contribution in [1.29, 1.82) is 0 Å². The molecular formula is C11H8Br2ClNS. The molecule has 0 aliphatic rings. The summed E-state index contributed by atoms with van der Waals surface area (Å²) < 4.78 is 1.92. The molecule has 0 amide bonds. The van der Waals surface area contributed by atoms with Crippen LogP contribution in [0.25, 0.3) is 0 Å². The Labute approximate surface area is 120 Å². The second kappa shape index (κ2) is 5.19. The number of rotatable bonds is 2. The standard InChI is InChI=1S/C11H8Br2ClNS/c12-7-3-4-16-11(7)10(15)6-1-2-9(14)8(13)5-6/h1-5,10H,15H2. The van der Waals surface area contributed by atoms with Gasteiger partial charge in [0.15, 0.2) is 0 Å². The molecule has 1 aromatic carbocycles. The SMILES string of the molecule is NC(c1ccc(Cl)c(Br)c1)c1sccc1Br. The van der Waals surface area contributed by atoms with Crippen LogP contribution in [0.15, 0.2) is 38.6 Å². The number of halogens is 3. The van der Waals surface area contributed by atoms with E-state index in [0.29, 0.717) is 5.02 Å². The molecule has 5 heteroatoms. The van der Waals surface area contributed by atoms with Crippen molar-refractivity contribution in [3.05, 3.63) is 54.1 Å². The third-order valence-electron chi connectivity index (χ3n) is 2.23. The number of nitrogens with two attached hydrogens (primary N) is 1. The molecule has 1 unspecified atom stereocenters. The van der Waals surface area contributed by atoms with Gasteiger partial charge in [-0.15, -0.1) is 11.3 Å². The van der Waals surface area contributed by atoms with Gasteiger partial charge < -0.3 is 5.73 Å². The summed E-state index contributed by atoms with van der Waals surface area (Å²) in [7, 11) is 0. The van der Waals surface area contributed by atoms with Gasteiger partial charge >= 0.3 is 0 Å². The van der Waals surface area contributed by atoms with Crippen molar-refractivity contribution in [3.63, 3.8) is 0 Å². The molecule has 0 fully saturated rings. The predicted molar refractivity (Wildman–Crippen MR) is 77.2 cm³/mol. The summed E-state index contributed by atoms with van der Waals surface area (Å²) in [4.78, 5) is 1.12. The van der Waals surface area contributed by atoms with Gasteiger partial charge in [0.05, 0.1) is 11.1 Å². The van der Waals surface area contributed by atoms with Crippen LogP contribution in [0.2, 0.25) is 5.02 Å². The fourth-order valence-corrected chi connectivity index (χ4v) is 3.55. The van der Waals surface area contributed by atoms with E-state index in [-0.39, 0.29) is 6.04 Å². The summed E-state index contributed by atoms with van der Waals surface area (Å²) in [6.45, 7) is 0. The van der Waals surface area contributed by atoms with E-state index in [1.54, 1.807) is 11.3 Å². The maximum atomic E-state index is 6.20. The number of hydrogen-bond donors (Lipinski definition) is 1. The minimum Gasteiger partial charge on any atom is -0.320 e. The summed E-state index contributed by atoms with van der Waals surface area (Å²) in [6.07, 6.45) is 0. The minimum atomic E-state index is -0.122. The molecule has 0 aliphatic carbocycles. The highest BCUT2D eigenvalue weighted by Gasteiger charge is 2.14. The van der Waals surface area contributed by atoms with Gasteiger partial charge in [0.1, 0.15) is 0 Å². The van der Waals surface area contributed by atoms with Crippen molar-refractivity contribution in [3.8, 4) is 0 Å². The van der Waals surface area contributed by atoms with Crippen LogP contribution in [0.1, 0.15) is 16.5 Å². The zero-order valence-electron chi connectivity index (χ0n) is 8.08. The van der Waals surface area contributed by atoms with Gasteiger partial charge in [0, 0.05) is 13.8 Å². The normalized spacial score (nSPS) is 12.8. The average Bonchev–Trinajstić information content (AvgIpc) is 2.67. The van der Waals surface area contributed by atoms with Crippen molar-refractivity contribution in [2.75, 3.05) is 0 Å². The first kappa shape index (κ1) is 12.6. The van der Waals surface area contributed by atoms with Gasteiger partial charge in [0.2, 0.25) is 0 Å². The maximum Gasteiger partial charge on any atom is 0.0657 e. The molecule has 0 bridgehead atoms. The average molecular weight is 382 g/mol. The second-order valence-electron chi connectivity index (χ2n) is 3.28. The van der Waals surface area contributed by atoms with E-state index in [2.05, 4.69) is 31.9 Å². The molecule has 0 aliphatic heterocycles. The van der Waals surface area contributed by atoms with Crippen LogP contribution in [0.4, 0.5) is 0 Å². The molecule has 1 aromatic heterocycles. The largest absolute Gasteiger partial charge is 0.320 e. The lowest BCUT2D eigenvalue weighted by Gasteiger charge is -2.11. The van der Waals surface area contributed by atoms with Crippen LogP contribution >= 0.6 is 54.8 Å². The number of thiophene rings is 1. The van der Waals surface area contributed by atoms with Crippen LogP contribution in [-0.2, 0) is 0 Å². The molecule has 2 rings (SSSR count). The van der Waals surface area contributed by atoms with E-state index in [1.807, 2.05) is 29.6 Å². The second-order valence-corrected chi connectivity index (χ2v) is 6.35. The third kappa shape index (κ3) is 2.51. The Bertz CT molecular complexity index is 512. The van der Waals surface area contributed by atoms with Crippen molar-refractivity contribution in [2.45, 2.75) is 6.04 Å².